The molecule has 1 aromatic carbocycles. The molecule has 0 aliphatic heterocycles. The van der Waals surface area contributed by atoms with E-state index in [2.05, 4.69) is 10.2 Å². The number of hydrogen-bond donors (Lipinski definition) is 2. The van der Waals surface area contributed by atoms with E-state index in [9.17, 15) is 4.79 Å². The topological polar surface area (TPSA) is 98.3 Å². The highest BCUT2D eigenvalue weighted by Crippen LogP contribution is 2.23. The highest BCUT2D eigenvalue weighted by molar-refractivity contribution is 5.88. The van der Waals surface area contributed by atoms with Gasteiger partial charge in [-0.1, -0.05) is 18.2 Å². The Hall–Kier alpha value is -2.21. The summed E-state index contributed by atoms with van der Waals surface area (Å²) in [5.74, 6) is -0.813. The number of carboxylic acid groups (broad SMARTS) is 1. The average Bonchev–Trinajstić information content (AvgIpc) is 2.38. The molecular formula is C12H13N3O3. The smallest absolute Gasteiger partial charge is 0.324 e. The van der Waals surface area contributed by atoms with E-state index in [1.807, 2.05) is 31.2 Å². The van der Waals surface area contributed by atoms with Crippen molar-refractivity contribution in [1.29, 1.82) is 0 Å². The van der Waals surface area contributed by atoms with Crippen LogP contribution in [0.3, 0.4) is 0 Å². The van der Waals surface area contributed by atoms with Crippen LogP contribution >= 0.6 is 0 Å². The van der Waals surface area contributed by atoms with Gasteiger partial charge in [0, 0.05) is 10.8 Å². The quantitative estimate of drug-likeness (QED) is 0.826. The first kappa shape index (κ1) is 12.3. The fourth-order valence-electron chi connectivity index (χ4n) is 1.56. The highest BCUT2D eigenvalue weighted by Gasteiger charge is 2.14. The van der Waals surface area contributed by atoms with Gasteiger partial charge in [0.2, 0.25) is 5.88 Å². The fraction of sp³-hybridized carbons (Fsp3) is 0.250. The molecule has 1 aromatic heterocycles. The Morgan fingerprint density at radius 2 is 2.06 bits per heavy atom. The molecule has 1 heterocycles. The van der Waals surface area contributed by atoms with E-state index in [-0.39, 0.29) is 6.61 Å². The van der Waals surface area contributed by atoms with Crippen LogP contribution in [0.1, 0.15) is 5.69 Å². The predicted molar refractivity (Wildman–Crippen MR) is 65.4 cm³/mol. The van der Waals surface area contributed by atoms with E-state index in [1.165, 1.54) is 0 Å². The summed E-state index contributed by atoms with van der Waals surface area (Å²) in [5, 5.41) is 18.3. The summed E-state index contributed by atoms with van der Waals surface area (Å²) in [6, 6.07) is 6.42. The van der Waals surface area contributed by atoms with Crippen LogP contribution in [0, 0.1) is 6.92 Å². The molecule has 0 aliphatic rings. The molecule has 0 spiro atoms. The maximum atomic E-state index is 10.6. The lowest BCUT2D eigenvalue weighted by Crippen LogP contribution is -2.36. The molecule has 6 nitrogen and oxygen atoms in total. The number of aryl methyl sites for hydroxylation is 1. The number of carboxylic acids is 1. The number of rotatable bonds is 4. The lowest BCUT2D eigenvalue weighted by molar-refractivity contribution is -0.139. The zero-order chi connectivity index (χ0) is 13.1. The zero-order valence-corrected chi connectivity index (χ0v) is 9.83. The van der Waals surface area contributed by atoms with E-state index < -0.39 is 12.0 Å². The molecule has 94 valence electrons. The molecule has 0 radical (unpaired) electrons. The normalized spacial score (nSPS) is 12.3. The van der Waals surface area contributed by atoms with Crippen molar-refractivity contribution in [3.8, 4) is 5.88 Å². The van der Waals surface area contributed by atoms with Crippen molar-refractivity contribution >= 4 is 16.7 Å². The monoisotopic (exact) mass is 247 g/mol. The molecule has 0 saturated carbocycles. The number of nitrogens with zero attached hydrogens (tertiary/aromatic N) is 2. The van der Waals surface area contributed by atoms with Gasteiger partial charge in [0.1, 0.15) is 12.6 Å². The standard InChI is InChI=1S/C12H13N3O3/c1-7-8-4-2-3-5-9(8)11(15-14-7)18-6-10(13)12(16)17/h2-5,10H,6,13H2,1H3,(H,16,17). The van der Waals surface area contributed by atoms with Gasteiger partial charge in [-0.3, -0.25) is 4.79 Å². The average molecular weight is 247 g/mol. The SMILES string of the molecule is Cc1nnc(OCC(N)C(=O)O)c2ccccc12. The summed E-state index contributed by atoms with van der Waals surface area (Å²) >= 11 is 0. The lowest BCUT2D eigenvalue weighted by Gasteiger charge is -2.10. The number of aromatic nitrogens is 2. The third-order valence-corrected chi connectivity index (χ3v) is 2.55. The molecule has 18 heavy (non-hydrogen) atoms. The molecule has 0 bridgehead atoms. The molecule has 3 N–H and O–H groups in total. The molecular weight excluding hydrogens is 234 g/mol. The summed E-state index contributed by atoms with van der Waals surface area (Å²) in [7, 11) is 0. The largest absolute Gasteiger partial charge is 0.480 e. The maximum Gasteiger partial charge on any atom is 0.324 e. The summed E-state index contributed by atoms with van der Waals surface area (Å²) in [6.07, 6.45) is 0. The zero-order valence-electron chi connectivity index (χ0n) is 9.83. The Morgan fingerprint density at radius 1 is 1.39 bits per heavy atom. The van der Waals surface area contributed by atoms with Crippen LogP contribution in [0.4, 0.5) is 0 Å². The summed E-state index contributed by atoms with van der Waals surface area (Å²) in [4.78, 5) is 10.6. The number of aliphatic carboxylic acids is 1. The van der Waals surface area contributed by atoms with Crippen molar-refractivity contribution < 1.29 is 14.6 Å². The van der Waals surface area contributed by atoms with Gasteiger partial charge in [-0.05, 0) is 13.0 Å². The van der Waals surface area contributed by atoms with Gasteiger partial charge in [-0.25, -0.2) is 0 Å². The van der Waals surface area contributed by atoms with Gasteiger partial charge >= 0.3 is 5.97 Å². The van der Waals surface area contributed by atoms with Crippen molar-refractivity contribution in [2.45, 2.75) is 13.0 Å². The van der Waals surface area contributed by atoms with Crippen molar-refractivity contribution in [3.05, 3.63) is 30.0 Å². The van der Waals surface area contributed by atoms with Crippen molar-refractivity contribution in [1.82, 2.24) is 10.2 Å². The Kier molecular flexibility index (Phi) is 3.38. The third-order valence-electron chi connectivity index (χ3n) is 2.55. The van der Waals surface area contributed by atoms with Crippen LogP contribution in [0.5, 0.6) is 5.88 Å². The Bertz CT molecular complexity index is 586. The Morgan fingerprint density at radius 3 is 2.72 bits per heavy atom. The summed E-state index contributed by atoms with van der Waals surface area (Å²) in [6.45, 7) is 1.71. The van der Waals surface area contributed by atoms with Crippen LogP contribution in [0.2, 0.25) is 0 Å². The molecule has 0 fully saturated rings. The van der Waals surface area contributed by atoms with Crippen LogP contribution in [0.15, 0.2) is 24.3 Å². The van der Waals surface area contributed by atoms with Crippen molar-refractivity contribution in [2.24, 2.45) is 5.73 Å². The number of nitrogens with two attached hydrogens (primary N) is 1. The molecule has 1 atom stereocenters. The first-order chi connectivity index (χ1) is 8.59. The second-order valence-electron chi connectivity index (χ2n) is 3.89. The van der Waals surface area contributed by atoms with E-state index in [4.69, 9.17) is 15.6 Å². The van der Waals surface area contributed by atoms with Crippen LogP contribution in [-0.2, 0) is 4.79 Å². The van der Waals surface area contributed by atoms with Gasteiger partial charge in [-0.15, -0.1) is 5.10 Å². The Labute approximate surface area is 103 Å². The van der Waals surface area contributed by atoms with E-state index >= 15 is 0 Å². The summed E-state index contributed by atoms with van der Waals surface area (Å²) < 4.78 is 5.32. The van der Waals surface area contributed by atoms with Gasteiger partial charge in [0.05, 0.1) is 5.69 Å². The van der Waals surface area contributed by atoms with E-state index in [0.717, 1.165) is 16.5 Å². The van der Waals surface area contributed by atoms with Gasteiger partial charge in [-0.2, -0.15) is 5.10 Å². The molecule has 0 amide bonds. The first-order valence-electron chi connectivity index (χ1n) is 5.43. The van der Waals surface area contributed by atoms with Crippen LogP contribution < -0.4 is 10.5 Å². The fourth-order valence-corrected chi connectivity index (χ4v) is 1.56. The molecule has 2 rings (SSSR count). The minimum Gasteiger partial charge on any atom is -0.480 e. The minimum absolute atomic E-state index is 0.142. The number of ether oxygens (including phenoxy) is 1. The van der Waals surface area contributed by atoms with E-state index in [1.54, 1.807) is 0 Å². The number of benzene rings is 1. The molecule has 6 heteroatoms. The van der Waals surface area contributed by atoms with Gasteiger partial charge in [0.25, 0.3) is 0 Å². The lowest BCUT2D eigenvalue weighted by atomic mass is 10.1. The van der Waals surface area contributed by atoms with Crippen LogP contribution in [0.25, 0.3) is 10.8 Å². The van der Waals surface area contributed by atoms with E-state index in [0.29, 0.717) is 5.88 Å². The van der Waals surface area contributed by atoms with Crippen molar-refractivity contribution in [3.63, 3.8) is 0 Å². The van der Waals surface area contributed by atoms with Crippen molar-refractivity contribution in [2.75, 3.05) is 6.61 Å². The summed E-state index contributed by atoms with van der Waals surface area (Å²) in [5.41, 5.74) is 6.16. The second-order valence-corrected chi connectivity index (χ2v) is 3.89. The molecule has 0 saturated heterocycles. The highest BCUT2D eigenvalue weighted by atomic mass is 16.5. The first-order valence-corrected chi connectivity index (χ1v) is 5.43. The second kappa shape index (κ2) is 4.97. The maximum absolute atomic E-state index is 10.6. The predicted octanol–water partition coefficient (Wildman–Crippen LogP) is 0.729. The number of carbonyl (C=O) groups is 1. The molecule has 1 unspecified atom stereocenters. The molecule has 0 aliphatic carbocycles. The Balaban J connectivity index is 2.29. The number of hydrogen-bond acceptors (Lipinski definition) is 5. The van der Waals surface area contributed by atoms with Gasteiger partial charge < -0.3 is 15.6 Å². The number of fused-ring (bicyclic) bond motifs is 1. The minimum atomic E-state index is -1.11. The van der Waals surface area contributed by atoms with Crippen LogP contribution in [-0.4, -0.2) is 33.9 Å². The molecule has 2 aromatic rings. The van der Waals surface area contributed by atoms with Gasteiger partial charge in [0.15, 0.2) is 0 Å². The third kappa shape index (κ3) is 2.38.